The molecular formula is C19H24N2OS. The number of carbonyl (C=O) groups is 1. The van der Waals surface area contributed by atoms with Gasteiger partial charge in [-0.25, -0.2) is 0 Å². The van der Waals surface area contributed by atoms with E-state index in [9.17, 15) is 4.79 Å². The van der Waals surface area contributed by atoms with Gasteiger partial charge >= 0.3 is 0 Å². The third kappa shape index (κ3) is 2.48. The molecule has 3 nitrogen and oxygen atoms in total. The first-order valence-corrected chi connectivity index (χ1v) is 9.33. The molecular weight excluding hydrogens is 304 g/mol. The molecule has 3 fully saturated rings. The molecule has 0 unspecified atom stereocenters. The highest BCUT2D eigenvalue weighted by molar-refractivity contribution is 7.20. The molecule has 4 heterocycles. The molecule has 3 saturated heterocycles. The van der Waals surface area contributed by atoms with Gasteiger partial charge in [-0.1, -0.05) is 12.1 Å². The Hall–Kier alpha value is -1.39. The van der Waals surface area contributed by atoms with Gasteiger partial charge in [0.25, 0.3) is 5.91 Å². The SMILES string of the molecule is Cc1ccc2cc(C(=O)N[C@H]3C4CCN(CC4)C3(C)C)sc2c1. The van der Waals surface area contributed by atoms with Gasteiger partial charge in [-0.05, 0) is 75.7 Å². The molecule has 122 valence electrons. The van der Waals surface area contributed by atoms with E-state index in [1.54, 1.807) is 11.3 Å². The van der Waals surface area contributed by atoms with E-state index in [0.29, 0.717) is 5.92 Å². The highest BCUT2D eigenvalue weighted by Gasteiger charge is 2.48. The Morgan fingerprint density at radius 3 is 2.70 bits per heavy atom. The number of hydrogen-bond donors (Lipinski definition) is 1. The van der Waals surface area contributed by atoms with E-state index in [1.165, 1.54) is 41.6 Å². The Morgan fingerprint density at radius 1 is 1.26 bits per heavy atom. The first kappa shape index (κ1) is 15.2. The van der Waals surface area contributed by atoms with Gasteiger partial charge in [0.1, 0.15) is 0 Å². The highest BCUT2D eigenvalue weighted by Crippen LogP contribution is 2.39. The van der Waals surface area contributed by atoms with E-state index in [-0.39, 0.29) is 17.5 Å². The summed E-state index contributed by atoms with van der Waals surface area (Å²) in [6.45, 7) is 8.99. The van der Waals surface area contributed by atoms with E-state index < -0.39 is 0 Å². The Balaban J connectivity index is 1.59. The fourth-order valence-electron chi connectivity index (χ4n) is 4.34. The summed E-state index contributed by atoms with van der Waals surface area (Å²) in [7, 11) is 0. The van der Waals surface area contributed by atoms with Crippen molar-refractivity contribution in [3.8, 4) is 0 Å². The molecule has 4 heteroatoms. The van der Waals surface area contributed by atoms with Crippen molar-refractivity contribution in [3.63, 3.8) is 0 Å². The van der Waals surface area contributed by atoms with Crippen LogP contribution in [0, 0.1) is 12.8 Å². The average Bonchev–Trinajstić information content (AvgIpc) is 2.94. The molecule has 1 amide bonds. The molecule has 1 aromatic carbocycles. The fraction of sp³-hybridized carbons (Fsp3) is 0.526. The molecule has 0 radical (unpaired) electrons. The maximum absolute atomic E-state index is 12.8. The summed E-state index contributed by atoms with van der Waals surface area (Å²) in [5.74, 6) is 0.714. The summed E-state index contributed by atoms with van der Waals surface area (Å²) in [5.41, 5.74) is 1.30. The summed E-state index contributed by atoms with van der Waals surface area (Å²) in [4.78, 5) is 16.2. The van der Waals surface area contributed by atoms with Crippen molar-refractivity contribution in [1.29, 1.82) is 0 Å². The first-order chi connectivity index (χ1) is 10.9. The fourth-order valence-corrected chi connectivity index (χ4v) is 5.40. The van der Waals surface area contributed by atoms with Crippen LogP contribution < -0.4 is 5.32 Å². The highest BCUT2D eigenvalue weighted by atomic mass is 32.1. The largest absolute Gasteiger partial charge is 0.346 e. The van der Waals surface area contributed by atoms with Gasteiger partial charge in [-0.2, -0.15) is 0 Å². The van der Waals surface area contributed by atoms with Crippen LogP contribution in [0.4, 0.5) is 0 Å². The van der Waals surface area contributed by atoms with Crippen molar-refractivity contribution >= 4 is 27.3 Å². The van der Waals surface area contributed by atoms with Crippen molar-refractivity contribution in [2.75, 3.05) is 13.1 Å². The molecule has 23 heavy (non-hydrogen) atoms. The minimum Gasteiger partial charge on any atom is -0.346 e. The van der Waals surface area contributed by atoms with Crippen molar-refractivity contribution in [2.24, 2.45) is 5.92 Å². The van der Waals surface area contributed by atoms with Gasteiger partial charge in [0.05, 0.1) is 4.88 Å². The molecule has 3 aliphatic rings. The number of fused-ring (bicyclic) bond motifs is 4. The topological polar surface area (TPSA) is 32.3 Å². The number of carbonyl (C=O) groups excluding carboxylic acids is 1. The van der Waals surface area contributed by atoms with Gasteiger partial charge in [0, 0.05) is 16.3 Å². The normalized spacial score (nSPS) is 28.9. The maximum atomic E-state index is 12.8. The molecule has 1 atom stereocenters. The number of hydrogen-bond acceptors (Lipinski definition) is 3. The Bertz CT molecular complexity index is 756. The number of nitrogens with one attached hydrogen (secondary N) is 1. The minimum atomic E-state index is 0.0596. The Labute approximate surface area is 141 Å². The van der Waals surface area contributed by atoms with E-state index in [0.717, 1.165) is 4.88 Å². The van der Waals surface area contributed by atoms with E-state index in [4.69, 9.17) is 0 Å². The summed E-state index contributed by atoms with van der Waals surface area (Å²) < 4.78 is 1.20. The summed E-state index contributed by atoms with van der Waals surface area (Å²) in [6.07, 6.45) is 2.42. The molecule has 1 aromatic heterocycles. The van der Waals surface area contributed by atoms with Crippen molar-refractivity contribution in [2.45, 2.75) is 45.2 Å². The van der Waals surface area contributed by atoms with Crippen LogP contribution in [0.2, 0.25) is 0 Å². The molecule has 0 spiro atoms. The van der Waals surface area contributed by atoms with Gasteiger partial charge in [0.15, 0.2) is 0 Å². The molecule has 1 N–H and O–H groups in total. The standard InChI is InChI=1S/C19H24N2OS/c1-12-4-5-14-11-16(23-15(14)10-12)18(22)20-17-13-6-8-21(9-7-13)19(17,2)3/h4-5,10-11,13,17H,6-9H2,1-3H3,(H,20,22)/t17-/m0/s1. The second kappa shape index (κ2) is 5.32. The lowest BCUT2D eigenvalue weighted by Crippen LogP contribution is -2.69. The predicted molar refractivity (Wildman–Crippen MR) is 96.2 cm³/mol. The molecule has 3 aliphatic heterocycles. The number of amides is 1. The first-order valence-electron chi connectivity index (χ1n) is 8.51. The van der Waals surface area contributed by atoms with Crippen LogP contribution in [0.15, 0.2) is 24.3 Å². The monoisotopic (exact) mass is 328 g/mol. The lowest BCUT2D eigenvalue weighted by atomic mass is 9.72. The predicted octanol–water partition coefficient (Wildman–Crippen LogP) is 3.81. The number of piperidine rings is 3. The molecule has 2 bridgehead atoms. The zero-order valence-corrected chi connectivity index (χ0v) is 14.9. The van der Waals surface area contributed by atoms with Crippen molar-refractivity contribution in [3.05, 3.63) is 34.7 Å². The van der Waals surface area contributed by atoms with Crippen molar-refractivity contribution in [1.82, 2.24) is 10.2 Å². The smallest absolute Gasteiger partial charge is 0.261 e. The summed E-state index contributed by atoms with van der Waals surface area (Å²) >= 11 is 1.60. The van der Waals surface area contributed by atoms with Gasteiger partial charge < -0.3 is 5.32 Å². The lowest BCUT2D eigenvalue weighted by Gasteiger charge is -2.56. The van der Waals surface area contributed by atoms with E-state index >= 15 is 0 Å². The van der Waals surface area contributed by atoms with Crippen LogP contribution in [0.1, 0.15) is 41.9 Å². The number of aryl methyl sites for hydroxylation is 1. The maximum Gasteiger partial charge on any atom is 0.261 e. The number of thiophene rings is 1. The third-order valence-corrected chi connectivity index (χ3v) is 6.87. The average molecular weight is 328 g/mol. The second-order valence-electron chi connectivity index (χ2n) is 7.58. The van der Waals surface area contributed by atoms with Crippen LogP contribution >= 0.6 is 11.3 Å². The van der Waals surface area contributed by atoms with Crippen LogP contribution in [0.3, 0.4) is 0 Å². The number of rotatable bonds is 2. The van der Waals surface area contributed by atoms with E-state index in [1.807, 2.05) is 6.07 Å². The van der Waals surface area contributed by atoms with Crippen LogP contribution in [-0.2, 0) is 0 Å². The number of benzene rings is 1. The number of nitrogens with zero attached hydrogens (tertiary/aromatic N) is 1. The van der Waals surface area contributed by atoms with Crippen LogP contribution in [-0.4, -0.2) is 35.5 Å². The zero-order chi connectivity index (χ0) is 16.2. The van der Waals surface area contributed by atoms with Gasteiger partial charge in [-0.3, -0.25) is 9.69 Å². The lowest BCUT2D eigenvalue weighted by molar-refractivity contribution is -0.0377. The molecule has 0 aliphatic carbocycles. The van der Waals surface area contributed by atoms with Crippen molar-refractivity contribution < 1.29 is 4.79 Å². The Morgan fingerprint density at radius 2 is 2.00 bits per heavy atom. The summed E-state index contributed by atoms with van der Waals surface area (Å²) in [6, 6.07) is 8.66. The second-order valence-corrected chi connectivity index (χ2v) is 8.66. The van der Waals surface area contributed by atoms with Gasteiger partial charge in [-0.15, -0.1) is 11.3 Å². The summed E-state index contributed by atoms with van der Waals surface area (Å²) in [5, 5.41) is 4.53. The zero-order valence-electron chi connectivity index (χ0n) is 14.1. The Kier molecular flexibility index (Phi) is 3.50. The van der Waals surface area contributed by atoms with Crippen LogP contribution in [0.25, 0.3) is 10.1 Å². The minimum absolute atomic E-state index is 0.0596. The molecule has 5 rings (SSSR count). The quantitative estimate of drug-likeness (QED) is 0.909. The molecule has 0 saturated carbocycles. The molecule has 2 aromatic rings. The van der Waals surface area contributed by atoms with E-state index in [2.05, 4.69) is 49.2 Å². The van der Waals surface area contributed by atoms with Gasteiger partial charge in [0.2, 0.25) is 0 Å². The van der Waals surface area contributed by atoms with Crippen LogP contribution in [0.5, 0.6) is 0 Å². The third-order valence-electron chi connectivity index (χ3n) is 5.77.